The number of aromatic nitrogens is 1. The van der Waals surface area contributed by atoms with Gasteiger partial charge in [-0.15, -0.1) is 0 Å². The molecule has 1 aliphatic heterocycles. The second kappa shape index (κ2) is 6.36. The van der Waals surface area contributed by atoms with Gasteiger partial charge < -0.3 is 15.0 Å². The smallest absolute Gasteiger partial charge is 0.416 e. The SMILES string of the molecule is CCOc1ccc2[nH]c3c(c2c1)CCNC3c1ccccc1C(F)(F)F. The summed E-state index contributed by atoms with van der Waals surface area (Å²) >= 11 is 0. The van der Waals surface area contributed by atoms with Crippen LogP contribution in [0.25, 0.3) is 10.9 Å². The van der Waals surface area contributed by atoms with Crippen LogP contribution in [0.1, 0.15) is 35.3 Å². The Kier molecular flexibility index (Phi) is 4.15. The van der Waals surface area contributed by atoms with E-state index in [0.29, 0.717) is 13.2 Å². The molecule has 0 fully saturated rings. The van der Waals surface area contributed by atoms with E-state index in [1.807, 2.05) is 25.1 Å². The van der Waals surface area contributed by atoms with Crippen LogP contribution in [0, 0.1) is 0 Å². The third-order valence-corrected chi connectivity index (χ3v) is 4.81. The van der Waals surface area contributed by atoms with Gasteiger partial charge in [0.05, 0.1) is 18.2 Å². The molecule has 2 heterocycles. The standard InChI is InChI=1S/C20H19F3N2O/c1-2-26-12-7-8-17-15(11-12)13-9-10-24-18(19(13)25-17)14-5-3-4-6-16(14)20(21,22)23/h3-8,11,18,24-25H,2,9-10H2,1H3. The summed E-state index contributed by atoms with van der Waals surface area (Å²) in [6, 6.07) is 11.0. The van der Waals surface area contributed by atoms with Crippen molar-refractivity contribution in [2.45, 2.75) is 25.6 Å². The van der Waals surface area contributed by atoms with E-state index in [1.165, 1.54) is 6.07 Å². The lowest BCUT2D eigenvalue weighted by Gasteiger charge is -2.27. The summed E-state index contributed by atoms with van der Waals surface area (Å²) in [5.41, 5.74) is 2.42. The van der Waals surface area contributed by atoms with Crippen LogP contribution in [0.3, 0.4) is 0 Å². The number of hydrogen-bond acceptors (Lipinski definition) is 2. The molecule has 0 saturated heterocycles. The number of nitrogens with one attached hydrogen (secondary N) is 2. The Morgan fingerprint density at radius 2 is 1.96 bits per heavy atom. The summed E-state index contributed by atoms with van der Waals surface area (Å²) in [4.78, 5) is 3.33. The number of H-pyrrole nitrogens is 1. The molecule has 0 bridgehead atoms. The lowest BCUT2D eigenvalue weighted by atomic mass is 9.91. The molecule has 1 unspecified atom stereocenters. The van der Waals surface area contributed by atoms with E-state index in [0.717, 1.165) is 40.4 Å². The first-order chi connectivity index (χ1) is 12.5. The molecule has 3 nitrogen and oxygen atoms in total. The van der Waals surface area contributed by atoms with Crippen molar-refractivity contribution < 1.29 is 17.9 Å². The zero-order chi connectivity index (χ0) is 18.3. The molecule has 1 aliphatic rings. The predicted molar refractivity (Wildman–Crippen MR) is 94.5 cm³/mol. The number of aromatic amines is 1. The number of hydrogen-bond donors (Lipinski definition) is 2. The van der Waals surface area contributed by atoms with Crippen LogP contribution in [0.2, 0.25) is 0 Å². The summed E-state index contributed by atoms with van der Waals surface area (Å²) in [7, 11) is 0. The van der Waals surface area contributed by atoms with E-state index in [9.17, 15) is 13.2 Å². The highest BCUT2D eigenvalue weighted by atomic mass is 19.4. The molecule has 136 valence electrons. The zero-order valence-corrected chi connectivity index (χ0v) is 14.3. The number of halogens is 3. The highest BCUT2D eigenvalue weighted by molar-refractivity contribution is 5.86. The molecule has 0 spiro atoms. The topological polar surface area (TPSA) is 37.0 Å². The van der Waals surface area contributed by atoms with Crippen molar-refractivity contribution in [3.05, 3.63) is 64.8 Å². The first-order valence-corrected chi connectivity index (χ1v) is 8.66. The summed E-state index contributed by atoms with van der Waals surface area (Å²) in [6.07, 6.45) is -3.63. The van der Waals surface area contributed by atoms with Crippen LogP contribution >= 0.6 is 0 Å². The zero-order valence-electron chi connectivity index (χ0n) is 14.3. The minimum Gasteiger partial charge on any atom is -0.494 e. The van der Waals surface area contributed by atoms with Gasteiger partial charge in [0.25, 0.3) is 0 Å². The fraction of sp³-hybridized carbons (Fsp3) is 0.300. The lowest BCUT2D eigenvalue weighted by Crippen LogP contribution is -2.32. The number of ether oxygens (including phenoxy) is 1. The van der Waals surface area contributed by atoms with Gasteiger partial charge in [-0.2, -0.15) is 13.2 Å². The largest absolute Gasteiger partial charge is 0.494 e. The normalized spacial score (nSPS) is 17.3. The van der Waals surface area contributed by atoms with Crippen LogP contribution in [0.5, 0.6) is 5.75 Å². The van der Waals surface area contributed by atoms with Crippen LogP contribution in [0.15, 0.2) is 42.5 Å². The van der Waals surface area contributed by atoms with Gasteiger partial charge in [-0.1, -0.05) is 18.2 Å². The molecule has 4 rings (SSSR count). The van der Waals surface area contributed by atoms with Crippen LogP contribution in [-0.4, -0.2) is 18.1 Å². The fourth-order valence-corrected chi connectivity index (χ4v) is 3.74. The summed E-state index contributed by atoms with van der Waals surface area (Å²) < 4.78 is 46.0. The molecule has 0 aliphatic carbocycles. The Labute approximate surface area is 149 Å². The van der Waals surface area contributed by atoms with Crippen molar-refractivity contribution in [2.24, 2.45) is 0 Å². The van der Waals surface area contributed by atoms with Crippen molar-refractivity contribution in [1.29, 1.82) is 0 Å². The van der Waals surface area contributed by atoms with Gasteiger partial charge in [-0.3, -0.25) is 0 Å². The Bertz CT molecular complexity index is 946. The molecule has 0 saturated carbocycles. The number of benzene rings is 2. The minimum absolute atomic E-state index is 0.248. The Balaban J connectivity index is 1.85. The van der Waals surface area contributed by atoms with Gasteiger partial charge in [0.15, 0.2) is 0 Å². The number of rotatable bonds is 3. The lowest BCUT2D eigenvalue weighted by molar-refractivity contribution is -0.138. The quantitative estimate of drug-likeness (QED) is 0.703. The van der Waals surface area contributed by atoms with Gasteiger partial charge in [-0.05, 0) is 48.7 Å². The van der Waals surface area contributed by atoms with Gasteiger partial charge >= 0.3 is 6.18 Å². The average molecular weight is 360 g/mol. The van der Waals surface area contributed by atoms with E-state index in [4.69, 9.17) is 4.74 Å². The second-order valence-electron chi connectivity index (χ2n) is 6.38. The number of fused-ring (bicyclic) bond motifs is 3. The van der Waals surface area contributed by atoms with Gasteiger partial charge in [0.1, 0.15) is 5.75 Å². The van der Waals surface area contributed by atoms with Crippen molar-refractivity contribution in [2.75, 3.05) is 13.2 Å². The molecule has 0 radical (unpaired) electrons. The highest BCUT2D eigenvalue weighted by Gasteiger charge is 2.37. The molecule has 26 heavy (non-hydrogen) atoms. The fourth-order valence-electron chi connectivity index (χ4n) is 3.74. The summed E-state index contributed by atoms with van der Waals surface area (Å²) in [6.45, 7) is 3.11. The van der Waals surface area contributed by atoms with Crippen molar-refractivity contribution in [3.63, 3.8) is 0 Å². The molecule has 2 N–H and O–H groups in total. The summed E-state index contributed by atoms with van der Waals surface area (Å²) in [5.74, 6) is 0.771. The molecule has 2 aromatic carbocycles. The maximum atomic E-state index is 13.5. The third-order valence-electron chi connectivity index (χ3n) is 4.81. The van der Waals surface area contributed by atoms with Crippen molar-refractivity contribution in [3.8, 4) is 5.75 Å². The molecular weight excluding hydrogens is 341 g/mol. The minimum atomic E-state index is -4.38. The van der Waals surface area contributed by atoms with Gasteiger partial charge in [0, 0.05) is 23.1 Å². The van der Waals surface area contributed by atoms with Crippen molar-refractivity contribution in [1.82, 2.24) is 10.3 Å². The second-order valence-corrected chi connectivity index (χ2v) is 6.38. The predicted octanol–water partition coefficient (Wildman–Crippen LogP) is 4.82. The molecule has 1 aromatic heterocycles. The van der Waals surface area contributed by atoms with E-state index in [2.05, 4.69) is 10.3 Å². The molecule has 3 aromatic rings. The van der Waals surface area contributed by atoms with Crippen LogP contribution in [0.4, 0.5) is 13.2 Å². The molecular formula is C20H19F3N2O. The monoisotopic (exact) mass is 360 g/mol. The maximum Gasteiger partial charge on any atom is 0.416 e. The number of alkyl halides is 3. The highest BCUT2D eigenvalue weighted by Crippen LogP contribution is 2.40. The Morgan fingerprint density at radius 3 is 2.73 bits per heavy atom. The Morgan fingerprint density at radius 1 is 1.15 bits per heavy atom. The van der Waals surface area contributed by atoms with E-state index in [-0.39, 0.29) is 5.56 Å². The Hall–Kier alpha value is -2.47. The van der Waals surface area contributed by atoms with Crippen LogP contribution < -0.4 is 10.1 Å². The molecule has 1 atom stereocenters. The first kappa shape index (κ1) is 17.0. The summed E-state index contributed by atoms with van der Waals surface area (Å²) in [5, 5.41) is 4.26. The first-order valence-electron chi connectivity index (χ1n) is 8.66. The molecule has 6 heteroatoms. The van der Waals surface area contributed by atoms with E-state index >= 15 is 0 Å². The van der Waals surface area contributed by atoms with Crippen molar-refractivity contribution >= 4 is 10.9 Å². The third kappa shape index (κ3) is 2.84. The van der Waals surface area contributed by atoms with Gasteiger partial charge in [-0.25, -0.2) is 0 Å². The van der Waals surface area contributed by atoms with E-state index < -0.39 is 17.8 Å². The average Bonchev–Trinajstić information content (AvgIpc) is 2.99. The molecule has 0 amide bonds. The maximum absolute atomic E-state index is 13.5. The van der Waals surface area contributed by atoms with Crippen LogP contribution in [-0.2, 0) is 12.6 Å². The van der Waals surface area contributed by atoms with E-state index in [1.54, 1.807) is 12.1 Å². The van der Waals surface area contributed by atoms with Gasteiger partial charge in [0.2, 0.25) is 0 Å².